The summed E-state index contributed by atoms with van der Waals surface area (Å²) in [5, 5.41) is 10.7. The molecule has 0 spiro atoms. The Balaban J connectivity index is 2.42. The lowest BCUT2D eigenvalue weighted by atomic mass is 10.2. The van der Waals surface area contributed by atoms with Crippen LogP contribution in [0.5, 0.6) is 0 Å². The van der Waals surface area contributed by atoms with E-state index in [0.29, 0.717) is 18.1 Å². The van der Waals surface area contributed by atoms with Crippen molar-refractivity contribution in [1.29, 1.82) is 0 Å². The van der Waals surface area contributed by atoms with Crippen molar-refractivity contribution in [2.45, 2.75) is 6.92 Å². The van der Waals surface area contributed by atoms with Crippen LogP contribution in [0.25, 0.3) is 0 Å². The molecule has 6 nitrogen and oxygen atoms in total. The first-order chi connectivity index (χ1) is 9.13. The lowest BCUT2D eigenvalue weighted by molar-refractivity contribution is -0.385. The van der Waals surface area contributed by atoms with Crippen molar-refractivity contribution in [3.05, 3.63) is 52.7 Å². The molecule has 0 aliphatic carbocycles. The molecule has 0 bridgehead atoms. The highest BCUT2D eigenvalue weighted by molar-refractivity contribution is 5.72. The van der Waals surface area contributed by atoms with Crippen LogP contribution in [0.3, 0.4) is 0 Å². The summed E-state index contributed by atoms with van der Waals surface area (Å²) in [5.41, 5.74) is 6.99. The van der Waals surface area contributed by atoms with Gasteiger partial charge in [-0.2, -0.15) is 0 Å². The molecule has 0 saturated heterocycles. The SMILES string of the molecule is CCN(c1ccccc1)c1ncc([N+](=O)[O-])cc1N. The maximum absolute atomic E-state index is 10.7. The van der Waals surface area contributed by atoms with Gasteiger partial charge in [0.15, 0.2) is 5.82 Å². The van der Waals surface area contributed by atoms with Crippen LogP contribution in [0.2, 0.25) is 0 Å². The minimum absolute atomic E-state index is 0.106. The molecule has 1 heterocycles. The van der Waals surface area contributed by atoms with Crippen molar-refractivity contribution in [3.63, 3.8) is 0 Å². The Morgan fingerprint density at radius 1 is 1.37 bits per heavy atom. The predicted molar refractivity (Wildman–Crippen MR) is 74.4 cm³/mol. The molecule has 2 N–H and O–H groups in total. The van der Waals surface area contributed by atoms with Gasteiger partial charge < -0.3 is 10.6 Å². The smallest absolute Gasteiger partial charge is 0.289 e. The Bertz CT molecular complexity index is 586. The number of nitro groups is 1. The van der Waals surface area contributed by atoms with E-state index in [0.717, 1.165) is 5.69 Å². The fourth-order valence-corrected chi connectivity index (χ4v) is 1.85. The number of rotatable bonds is 4. The molecule has 98 valence electrons. The van der Waals surface area contributed by atoms with E-state index < -0.39 is 4.92 Å². The molecule has 0 aliphatic heterocycles. The van der Waals surface area contributed by atoms with E-state index in [1.54, 1.807) is 0 Å². The Kier molecular flexibility index (Phi) is 3.61. The molecule has 6 heteroatoms. The van der Waals surface area contributed by atoms with Gasteiger partial charge in [-0.15, -0.1) is 0 Å². The van der Waals surface area contributed by atoms with Crippen LogP contribution in [-0.2, 0) is 0 Å². The number of pyridine rings is 1. The summed E-state index contributed by atoms with van der Waals surface area (Å²) in [4.78, 5) is 16.2. The van der Waals surface area contributed by atoms with Gasteiger partial charge in [-0.1, -0.05) is 18.2 Å². The number of para-hydroxylation sites is 1. The van der Waals surface area contributed by atoms with Gasteiger partial charge in [-0.05, 0) is 19.1 Å². The van der Waals surface area contributed by atoms with Crippen molar-refractivity contribution < 1.29 is 4.92 Å². The van der Waals surface area contributed by atoms with Gasteiger partial charge in [0.05, 0.1) is 10.6 Å². The fourth-order valence-electron chi connectivity index (χ4n) is 1.85. The summed E-state index contributed by atoms with van der Waals surface area (Å²) >= 11 is 0. The van der Waals surface area contributed by atoms with Gasteiger partial charge in [0.2, 0.25) is 0 Å². The largest absolute Gasteiger partial charge is 0.396 e. The Morgan fingerprint density at radius 3 is 2.58 bits per heavy atom. The molecule has 0 fully saturated rings. The number of hydrogen-bond donors (Lipinski definition) is 1. The second-order valence-electron chi connectivity index (χ2n) is 3.94. The number of nitrogens with zero attached hydrogens (tertiary/aromatic N) is 3. The zero-order chi connectivity index (χ0) is 13.8. The van der Waals surface area contributed by atoms with Crippen molar-refractivity contribution in [3.8, 4) is 0 Å². The Labute approximate surface area is 110 Å². The normalized spacial score (nSPS) is 10.2. The van der Waals surface area contributed by atoms with Gasteiger partial charge in [-0.25, -0.2) is 4.98 Å². The van der Waals surface area contributed by atoms with Crippen molar-refractivity contribution in [2.24, 2.45) is 0 Å². The van der Waals surface area contributed by atoms with E-state index in [1.165, 1.54) is 12.3 Å². The van der Waals surface area contributed by atoms with E-state index in [2.05, 4.69) is 4.98 Å². The average molecular weight is 258 g/mol. The third-order valence-electron chi connectivity index (χ3n) is 2.73. The van der Waals surface area contributed by atoms with E-state index in [-0.39, 0.29) is 5.69 Å². The predicted octanol–water partition coefficient (Wildman–Crippen LogP) is 2.73. The van der Waals surface area contributed by atoms with Gasteiger partial charge >= 0.3 is 0 Å². The highest BCUT2D eigenvalue weighted by atomic mass is 16.6. The monoisotopic (exact) mass is 258 g/mol. The summed E-state index contributed by atoms with van der Waals surface area (Å²) in [6.45, 7) is 2.63. The summed E-state index contributed by atoms with van der Waals surface area (Å²) in [7, 11) is 0. The van der Waals surface area contributed by atoms with E-state index in [1.807, 2.05) is 42.2 Å². The summed E-state index contributed by atoms with van der Waals surface area (Å²) in [6, 6.07) is 11.0. The summed E-state index contributed by atoms with van der Waals surface area (Å²) in [6.07, 6.45) is 1.22. The van der Waals surface area contributed by atoms with Gasteiger partial charge in [-0.3, -0.25) is 10.1 Å². The molecule has 0 saturated carbocycles. The molecule has 1 aromatic heterocycles. The van der Waals surface area contributed by atoms with Crippen LogP contribution in [0.1, 0.15) is 6.92 Å². The molecule has 0 amide bonds. The molecular formula is C13H14N4O2. The van der Waals surface area contributed by atoms with Gasteiger partial charge in [0, 0.05) is 18.3 Å². The third kappa shape index (κ3) is 2.62. The Morgan fingerprint density at radius 2 is 2.05 bits per heavy atom. The van der Waals surface area contributed by atoms with Crippen LogP contribution >= 0.6 is 0 Å². The molecular weight excluding hydrogens is 244 g/mol. The second-order valence-corrected chi connectivity index (χ2v) is 3.94. The second kappa shape index (κ2) is 5.34. The standard InChI is InChI=1S/C13H14N4O2/c1-2-16(10-6-4-3-5-7-10)13-12(14)8-11(9-15-13)17(18)19/h3-9H,2,14H2,1H3. The molecule has 0 unspecified atom stereocenters. The van der Waals surface area contributed by atoms with Crippen LogP contribution in [-0.4, -0.2) is 16.5 Å². The van der Waals surface area contributed by atoms with Gasteiger partial charge in [0.1, 0.15) is 6.20 Å². The molecule has 0 aliphatic rings. The highest BCUT2D eigenvalue weighted by Crippen LogP contribution is 2.29. The minimum atomic E-state index is -0.508. The van der Waals surface area contributed by atoms with Crippen LogP contribution in [0.15, 0.2) is 42.6 Å². The zero-order valence-electron chi connectivity index (χ0n) is 10.5. The van der Waals surface area contributed by atoms with Crippen LogP contribution < -0.4 is 10.6 Å². The number of benzene rings is 1. The summed E-state index contributed by atoms with van der Waals surface area (Å²) in [5.74, 6) is 0.527. The number of aromatic nitrogens is 1. The molecule has 1 aromatic carbocycles. The molecule has 0 radical (unpaired) electrons. The van der Waals surface area contributed by atoms with Crippen molar-refractivity contribution in [1.82, 2.24) is 4.98 Å². The van der Waals surface area contributed by atoms with Crippen LogP contribution in [0, 0.1) is 10.1 Å². The number of hydrogen-bond acceptors (Lipinski definition) is 5. The first kappa shape index (κ1) is 12.8. The molecule has 2 aromatic rings. The lowest BCUT2D eigenvalue weighted by Gasteiger charge is -2.23. The maximum Gasteiger partial charge on any atom is 0.289 e. The third-order valence-corrected chi connectivity index (χ3v) is 2.73. The zero-order valence-corrected chi connectivity index (χ0v) is 10.5. The average Bonchev–Trinajstić information content (AvgIpc) is 2.42. The lowest BCUT2D eigenvalue weighted by Crippen LogP contribution is -2.18. The number of anilines is 3. The highest BCUT2D eigenvalue weighted by Gasteiger charge is 2.15. The van der Waals surface area contributed by atoms with E-state index in [9.17, 15) is 10.1 Å². The first-order valence-electron chi connectivity index (χ1n) is 5.86. The van der Waals surface area contributed by atoms with Crippen LogP contribution in [0.4, 0.5) is 22.9 Å². The Hall–Kier alpha value is -2.63. The first-order valence-corrected chi connectivity index (χ1v) is 5.86. The minimum Gasteiger partial charge on any atom is -0.396 e. The van der Waals surface area contributed by atoms with E-state index in [4.69, 9.17) is 5.73 Å². The fraction of sp³-hybridized carbons (Fsp3) is 0.154. The van der Waals surface area contributed by atoms with Crippen molar-refractivity contribution in [2.75, 3.05) is 17.2 Å². The summed E-state index contributed by atoms with van der Waals surface area (Å²) < 4.78 is 0. The van der Waals surface area contributed by atoms with E-state index >= 15 is 0 Å². The topological polar surface area (TPSA) is 85.3 Å². The quantitative estimate of drug-likeness (QED) is 0.673. The molecule has 0 atom stereocenters. The molecule has 19 heavy (non-hydrogen) atoms. The number of nitrogen functional groups attached to an aromatic ring is 1. The van der Waals surface area contributed by atoms with Crippen molar-refractivity contribution >= 4 is 22.9 Å². The maximum atomic E-state index is 10.7. The molecule has 2 rings (SSSR count). The van der Waals surface area contributed by atoms with Gasteiger partial charge in [0.25, 0.3) is 5.69 Å². The number of nitrogens with two attached hydrogens (primary N) is 1.